The zero-order valence-electron chi connectivity index (χ0n) is 15.3. The number of nitrogens with zero attached hydrogens (tertiary/aromatic N) is 2. The van der Waals surface area contributed by atoms with Crippen LogP contribution in [0.3, 0.4) is 0 Å². The normalized spacial score (nSPS) is 11.8. The van der Waals surface area contributed by atoms with E-state index in [0.29, 0.717) is 10.8 Å². The van der Waals surface area contributed by atoms with Gasteiger partial charge in [0.1, 0.15) is 27.8 Å². The molecule has 3 N–H and O–H groups in total. The van der Waals surface area contributed by atoms with Crippen molar-refractivity contribution in [2.75, 3.05) is 0 Å². The van der Waals surface area contributed by atoms with Gasteiger partial charge in [-0.2, -0.15) is 8.42 Å². The number of aromatic hydroxyl groups is 2. The second-order valence-electron chi connectivity index (χ2n) is 6.12. The van der Waals surface area contributed by atoms with E-state index in [1.807, 2.05) is 12.1 Å². The molecule has 0 amide bonds. The number of rotatable bonds is 3. The summed E-state index contributed by atoms with van der Waals surface area (Å²) in [5, 5.41) is 30.7. The van der Waals surface area contributed by atoms with E-state index in [2.05, 4.69) is 10.2 Å². The molecule has 0 aliphatic rings. The van der Waals surface area contributed by atoms with Gasteiger partial charge >= 0.3 is 0 Å². The van der Waals surface area contributed by atoms with Crippen LogP contribution in [-0.2, 0) is 10.1 Å². The summed E-state index contributed by atoms with van der Waals surface area (Å²) in [5.41, 5.74) is 0.246. The van der Waals surface area contributed by atoms with Crippen molar-refractivity contribution in [1.29, 1.82) is 0 Å². The van der Waals surface area contributed by atoms with Crippen molar-refractivity contribution in [2.45, 2.75) is 4.90 Å². The summed E-state index contributed by atoms with van der Waals surface area (Å²) in [6, 6.07) is 17.8. The third kappa shape index (κ3) is 3.98. The third-order valence-corrected chi connectivity index (χ3v) is 5.26. The van der Waals surface area contributed by atoms with Gasteiger partial charge in [0.2, 0.25) is 0 Å². The first-order valence-electron chi connectivity index (χ1n) is 8.21. The van der Waals surface area contributed by atoms with Gasteiger partial charge in [0, 0.05) is 51.8 Å². The van der Waals surface area contributed by atoms with Crippen LogP contribution in [0.5, 0.6) is 11.5 Å². The Bertz CT molecular complexity index is 1370. The maximum atomic E-state index is 11.6. The third-order valence-electron chi connectivity index (χ3n) is 4.37. The summed E-state index contributed by atoms with van der Waals surface area (Å²) < 4.78 is 32.7. The quantitative estimate of drug-likeness (QED) is 0.254. The Morgan fingerprint density at radius 3 is 1.90 bits per heavy atom. The average Bonchev–Trinajstić information content (AvgIpc) is 2.67. The van der Waals surface area contributed by atoms with Crippen molar-refractivity contribution in [3.05, 3.63) is 66.7 Å². The van der Waals surface area contributed by atoms with Crippen LogP contribution in [0.4, 0.5) is 11.4 Å². The summed E-state index contributed by atoms with van der Waals surface area (Å²) in [6.45, 7) is 0. The van der Waals surface area contributed by atoms with Crippen molar-refractivity contribution in [2.24, 2.45) is 10.2 Å². The van der Waals surface area contributed by atoms with Gasteiger partial charge in [-0.25, -0.2) is 0 Å². The number of azo groups is 1. The van der Waals surface area contributed by atoms with Crippen LogP contribution in [0.2, 0.25) is 0 Å². The number of hydrogen-bond donors (Lipinski definition) is 3. The molecule has 9 heteroatoms. The fourth-order valence-corrected chi connectivity index (χ4v) is 3.80. The Hall–Kier alpha value is -2.49. The molecule has 0 saturated heterocycles. The van der Waals surface area contributed by atoms with Crippen molar-refractivity contribution < 1.29 is 23.2 Å². The minimum Gasteiger partial charge on any atom is -0.506 e. The molecular formula is C20H14N2NaO5S. The summed E-state index contributed by atoms with van der Waals surface area (Å²) in [7, 11) is -4.54. The molecule has 141 valence electrons. The summed E-state index contributed by atoms with van der Waals surface area (Å²) in [6.07, 6.45) is 0. The monoisotopic (exact) mass is 417 g/mol. The minimum atomic E-state index is -4.54. The second kappa shape index (κ2) is 8.10. The molecule has 1 radical (unpaired) electrons. The van der Waals surface area contributed by atoms with Gasteiger partial charge in [0.05, 0.1) is 0 Å². The fraction of sp³-hybridized carbons (Fsp3) is 0. The van der Waals surface area contributed by atoms with E-state index in [4.69, 9.17) is 0 Å². The minimum absolute atomic E-state index is 0. The zero-order chi connectivity index (χ0) is 19.9. The van der Waals surface area contributed by atoms with Gasteiger partial charge in [-0.3, -0.25) is 4.55 Å². The van der Waals surface area contributed by atoms with Crippen LogP contribution in [0.25, 0.3) is 21.5 Å². The van der Waals surface area contributed by atoms with E-state index >= 15 is 0 Å². The molecule has 0 saturated carbocycles. The number of benzene rings is 4. The largest absolute Gasteiger partial charge is 0.506 e. The topological polar surface area (TPSA) is 120 Å². The van der Waals surface area contributed by atoms with Gasteiger partial charge in [-0.1, -0.05) is 54.6 Å². The number of hydrogen-bond acceptors (Lipinski definition) is 6. The predicted octanol–water partition coefficient (Wildman–Crippen LogP) is 4.69. The summed E-state index contributed by atoms with van der Waals surface area (Å²) in [5.74, 6) is -0.546. The Morgan fingerprint density at radius 1 is 0.690 bits per heavy atom. The molecule has 0 spiro atoms. The van der Waals surface area contributed by atoms with Gasteiger partial charge in [-0.05, 0) is 11.5 Å². The number of phenolic OH excluding ortho intramolecular Hbond substituents is 2. The number of phenols is 2. The maximum Gasteiger partial charge on any atom is 0.295 e. The molecule has 0 aromatic heterocycles. The Labute approximate surface area is 188 Å². The molecule has 0 heterocycles. The first-order valence-corrected chi connectivity index (χ1v) is 9.65. The first kappa shape index (κ1) is 21.2. The number of fused-ring (bicyclic) bond motifs is 2. The van der Waals surface area contributed by atoms with Crippen LogP contribution in [-0.4, -0.2) is 52.7 Å². The first-order chi connectivity index (χ1) is 13.4. The smallest absolute Gasteiger partial charge is 0.295 e. The van der Waals surface area contributed by atoms with E-state index in [0.717, 1.165) is 11.5 Å². The molecule has 4 aromatic carbocycles. The summed E-state index contributed by atoms with van der Waals surface area (Å²) in [4.78, 5) is -0.424. The van der Waals surface area contributed by atoms with Gasteiger partial charge in [-0.15, -0.1) is 10.2 Å². The molecule has 4 aromatic rings. The molecule has 0 fully saturated rings. The van der Waals surface area contributed by atoms with Crippen LogP contribution < -0.4 is 0 Å². The Morgan fingerprint density at radius 2 is 1.24 bits per heavy atom. The van der Waals surface area contributed by atoms with E-state index in [1.165, 1.54) is 12.1 Å². The molecule has 0 bridgehead atoms. The van der Waals surface area contributed by atoms with E-state index < -0.39 is 20.8 Å². The van der Waals surface area contributed by atoms with Gasteiger partial charge in [0.25, 0.3) is 10.1 Å². The molecule has 4 rings (SSSR count). The fourth-order valence-electron chi connectivity index (χ4n) is 3.08. The molecular weight excluding hydrogens is 403 g/mol. The molecule has 0 unspecified atom stereocenters. The van der Waals surface area contributed by atoms with Crippen molar-refractivity contribution in [3.63, 3.8) is 0 Å². The van der Waals surface area contributed by atoms with E-state index in [9.17, 15) is 23.2 Å². The standard InChI is InChI=1S/C20H14N2O5S.Na/c23-16-10-9-12-5-1-2-6-13(12)19(16)21-22-20-15-8-4-3-7-14(15)18(11-17(20)24)28(25,26)27;/h1-11,23-24H,(H,25,26,27);. The van der Waals surface area contributed by atoms with E-state index in [-0.39, 0.29) is 52.1 Å². The van der Waals surface area contributed by atoms with Crippen molar-refractivity contribution >= 4 is 72.6 Å². The molecule has 29 heavy (non-hydrogen) atoms. The van der Waals surface area contributed by atoms with Crippen molar-refractivity contribution in [3.8, 4) is 11.5 Å². The zero-order valence-corrected chi connectivity index (χ0v) is 18.1. The van der Waals surface area contributed by atoms with Crippen molar-refractivity contribution in [1.82, 2.24) is 0 Å². The average molecular weight is 417 g/mol. The Kier molecular flexibility index (Phi) is 5.92. The van der Waals surface area contributed by atoms with Gasteiger partial charge < -0.3 is 10.2 Å². The van der Waals surface area contributed by atoms with Gasteiger partial charge in [0.15, 0.2) is 0 Å². The predicted molar refractivity (Wildman–Crippen MR) is 111 cm³/mol. The molecule has 0 atom stereocenters. The second-order valence-corrected chi connectivity index (χ2v) is 7.51. The van der Waals surface area contributed by atoms with E-state index in [1.54, 1.807) is 36.4 Å². The molecule has 0 aliphatic heterocycles. The van der Waals surface area contributed by atoms with Crippen LogP contribution in [0.1, 0.15) is 0 Å². The molecule has 0 aliphatic carbocycles. The van der Waals surface area contributed by atoms with Crippen LogP contribution in [0, 0.1) is 0 Å². The maximum absolute atomic E-state index is 11.6. The SMILES string of the molecule is O=S(=O)(O)c1cc(O)c(N=Nc2c(O)ccc3ccccc23)c2ccccc12.[Na]. The molecule has 7 nitrogen and oxygen atoms in total. The summed E-state index contributed by atoms with van der Waals surface area (Å²) >= 11 is 0. The van der Waals surface area contributed by atoms with Crippen LogP contribution >= 0.6 is 0 Å². The van der Waals surface area contributed by atoms with Crippen LogP contribution in [0.15, 0.2) is 81.9 Å². The Balaban J connectivity index is 0.00000240.